The molecule has 0 aromatic carbocycles. The maximum atomic E-state index is 12.7. The van der Waals surface area contributed by atoms with Crippen molar-refractivity contribution in [3.8, 4) is 0 Å². The van der Waals surface area contributed by atoms with Gasteiger partial charge in [0.1, 0.15) is 12.2 Å². The van der Waals surface area contributed by atoms with E-state index in [0.717, 1.165) is 0 Å². The highest BCUT2D eigenvalue weighted by molar-refractivity contribution is 5.75. The first-order valence-electron chi connectivity index (χ1n) is 14.4. The largest absolute Gasteiger partial charge is 0.481 e. The molecule has 10 atom stereocenters. The smallest absolute Gasteiger partial charge is 0.312 e. The number of carbonyl (C=O) groups is 4. The van der Waals surface area contributed by atoms with Crippen molar-refractivity contribution in [3.63, 3.8) is 0 Å². The van der Waals surface area contributed by atoms with Crippen molar-refractivity contribution in [3.05, 3.63) is 0 Å². The Morgan fingerprint density at radius 2 is 1.62 bits per heavy atom. The Labute approximate surface area is 245 Å². The zero-order valence-electron chi connectivity index (χ0n) is 24.6. The number of aliphatic hydroxyl groups is 2. The number of hydrogen-bond donors (Lipinski definition) is 5. The van der Waals surface area contributed by atoms with E-state index >= 15 is 0 Å². The Balaban J connectivity index is 1.90. The first kappa shape index (κ1) is 35.6. The number of rotatable bonds is 16. The monoisotopic (exact) mass is 606 g/mol. The minimum Gasteiger partial charge on any atom is -0.481 e. The minimum atomic E-state index is -1.01. The first-order chi connectivity index (χ1) is 19.8. The van der Waals surface area contributed by atoms with Crippen LogP contribution in [0.15, 0.2) is 0 Å². The zero-order chi connectivity index (χ0) is 31.4. The number of carbonyl (C=O) groups excluding carboxylic acids is 3. The number of aliphatic carboxylic acids is 1. The average molecular weight is 607 g/mol. The fourth-order valence-corrected chi connectivity index (χ4v) is 4.40. The number of ether oxygens (including phenoxy) is 6. The highest BCUT2D eigenvalue weighted by Gasteiger charge is 2.42. The van der Waals surface area contributed by atoms with Crippen LogP contribution in [-0.4, -0.2) is 108 Å². The molecule has 15 heteroatoms. The molecule has 2 rings (SSSR count). The van der Waals surface area contributed by atoms with Crippen LogP contribution >= 0.6 is 0 Å². The van der Waals surface area contributed by atoms with Gasteiger partial charge in [-0.05, 0) is 40.0 Å². The van der Waals surface area contributed by atoms with Crippen LogP contribution in [0.4, 0.5) is 4.79 Å². The van der Waals surface area contributed by atoms with Crippen LogP contribution in [0.25, 0.3) is 0 Å². The fourth-order valence-electron chi connectivity index (χ4n) is 4.40. The van der Waals surface area contributed by atoms with E-state index in [2.05, 4.69) is 5.32 Å². The van der Waals surface area contributed by atoms with Crippen LogP contribution in [-0.2, 0) is 42.8 Å². The maximum Gasteiger partial charge on any atom is 0.312 e. The lowest BCUT2D eigenvalue weighted by Gasteiger charge is -2.40. The van der Waals surface area contributed by atoms with Crippen LogP contribution in [0.3, 0.4) is 0 Å². The number of esters is 2. The fraction of sp³-hybridized carbons (Fsp3) is 0.852. The van der Waals surface area contributed by atoms with Crippen LogP contribution < -0.4 is 11.1 Å². The Morgan fingerprint density at radius 3 is 2.29 bits per heavy atom. The molecular formula is C27H46N2O13. The van der Waals surface area contributed by atoms with Crippen molar-refractivity contribution in [1.29, 1.82) is 0 Å². The number of amides is 2. The molecule has 2 heterocycles. The highest BCUT2D eigenvalue weighted by atomic mass is 16.7. The van der Waals surface area contributed by atoms with Gasteiger partial charge in [-0.15, -0.1) is 0 Å². The molecule has 2 amide bonds. The molecule has 0 bridgehead atoms. The van der Waals surface area contributed by atoms with Crippen molar-refractivity contribution in [1.82, 2.24) is 5.32 Å². The number of unbranched alkanes of at least 4 members (excludes halogenated alkanes) is 1. The number of primary amides is 1. The molecule has 2 saturated heterocycles. The molecule has 0 saturated carbocycles. The van der Waals surface area contributed by atoms with E-state index < -0.39 is 85.2 Å². The Morgan fingerprint density at radius 1 is 0.929 bits per heavy atom. The molecule has 242 valence electrons. The summed E-state index contributed by atoms with van der Waals surface area (Å²) in [6.45, 7) is 6.82. The molecule has 6 N–H and O–H groups in total. The summed E-state index contributed by atoms with van der Waals surface area (Å²) < 4.78 is 34.1. The molecule has 2 aliphatic heterocycles. The lowest BCUT2D eigenvalue weighted by Crippen LogP contribution is -2.51. The molecule has 2 fully saturated rings. The van der Waals surface area contributed by atoms with E-state index in [1.54, 1.807) is 27.7 Å². The van der Waals surface area contributed by atoms with Crippen LogP contribution in [0.2, 0.25) is 0 Å². The Kier molecular flexibility index (Phi) is 14.9. The van der Waals surface area contributed by atoms with Gasteiger partial charge in [0.25, 0.3) is 0 Å². The number of aliphatic hydroxyl groups excluding tert-OH is 2. The summed E-state index contributed by atoms with van der Waals surface area (Å²) in [5, 5.41) is 31.1. The van der Waals surface area contributed by atoms with E-state index in [9.17, 15) is 29.4 Å². The van der Waals surface area contributed by atoms with Crippen LogP contribution in [0.5, 0.6) is 0 Å². The zero-order valence-corrected chi connectivity index (χ0v) is 24.6. The molecule has 0 aromatic rings. The summed E-state index contributed by atoms with van der Waals surface area (Å²) in [6, 6.07) is -0.770. The molecule has 0 radical (unpaired) electrons. The number of nitrogens with one attached hydrogen (secondary N) is 1. The van der Waals surface area contributed by atoms with Crippen LogP contribution in [0.1, 0.15) is 72.6 Å². The van der Waals surface area contributed by atoms with Crippen molar-refractivity contribution >= 4 is 23.9 Å². The van der Waals surface area contributed by atoms with Gasteiger partial charge in [0.05, 0.1) is 30.3 Å². The lowest BCUT2D eigenvalue weighted by atomic mass is 10.0. The second-order valence-corrected chi connectivity index (χ2v) is 10.9. The molecule has 0 spiro atoms. The third kappa shape index (κ3) is 12.4. The average Bonchev–Trinajstić information content (AvgIpc) is 2.91. The number of carboxylic acids is 1. The Hall–Kier alpha value is -2.56. The predicted octanol–water partition coefficient (Wildman–Crippen LogP) is 0.563. The third-order valence-corrected chi connectivity index (χ3v) is 7.05. The van der Waals surface area contributed by atoms with Gasteiger partial charge in [0.15, 0.2) is 18.7 Å². The number of nitrogens with two attached hydrogens (primary N) is 1. The summed E-state index contributed by atoms with van der Waals surface area (Å²) in [5.74, 6) is -2.80. The normalized spacial score (nSPS) is 31.0. The molecular weight excluding hydrogens is 560 g/mol. The van der Waals surface area contributed by atoms with E-state index in [0.29, 0.717) is 12.8 Å². The summed E-state index contributed by atoms with van der Waals surface area (Å²) >= 11 is 0. The van der Waals surface area contributed by atoms with Gasteiger partial charge < -0.3 is 54.8 Å². The number of urea groups is 1. The van der Waals surface area contributed by atoms with Gasteiger partial charge in [-0.3, -0.25) is 14.4 Å². The van der Waals surface area contributed by atoms with E-state index in [-0.39, 0.29) is 45.3 Å². The number of carboxylic acid groups (broad SMARTS) is 1. The molecule has 0 aliphatic carbocycles. The maximum absolute atomic E-state index is 12.7. The predicted molar refractivity (Wildman–Crippen MR) is 144 cm³/mol. The van der Waals surface area contributed by atoms with Gasteiger partial charge in [0.2, 0.25) is 0 Å². The van der Waals surface area contributed by atoms with Gasteiger partial charge in [-0.1, -0.05) is 6.92 Å². The van der Waals surface area contributed by atoms with Crippen LogP contribution in [0, 0.1) is 5.92 Å². The van der Waals surface area contributed by atoms with E-state index in [1.807, 2.05) is 0 Å². The molecule has 10 unspecified atom stereocenters. The van der Waals surface area contributed by atoms with E-state index in [4.69, 9.17) is 39.3 Å². The standard InChI is InChI=1S/C27H46N2O13/c1-14(13-29-27(28)36)24(35)42-20-12-21(26(40-17(20)4)38-15(2)8-9-22(32)33)41-23(34)7-5-6-10-37-25-19(31)11-18(30)16(3)39-25/h14-21,25-26,30-31H,5-13H2,1-4H3,(H,32,33)(H3,28,29,36). The van der Waals surface area contributed by atoms with Crippen molar-refractivity contribution in [2.45, 2.75) is 128 Å². The van der Waals surface area contributed by atoms with Crippen molar-refractivity contribution < 1.29 is 62.9 Å². The van der Waals surface area contributed by atoms with Crippen molar-refractivity contribution in [2.75, 3.05) is 13.2 Å². The Bertz CT molecular complexity index is 890. The summed E-state index contributed by atoms with van der Waals surface area (Å²) in [7, 11) is 0. The van der Waals surface area contributed by atoms with Crippen molar-refractivity contribution in [2.24, 2.45) is 11.7 Å². The topological polar surface area (TPSA) is 222 Å². The van der Waals surface area contributed by atoms with Gasteiger partial charge >= 0.3 is 23.9 Å². The lowest BCUT2D eigenvalue weighted by molar-refractivity contribution is -0.280. The summed E-state index contributed by atoms with van der Waals surface area (Å²) in [5.41, 5.74) is 5.06. The number of hydrogen-bond acceptors (Lipinski definition) is 12. The van der Waals surface area contributed by atoms with E-state index in [1.165, 1.54) is 0 Å². The molecule has 0 aromatic heterocycles. The molecule has 42 heavy (non-hydrogen) atoms. The molecule has 15 nitrogen and oxygen atoms in total. The third-order valence-electron chi connectivity index (χ3n) is 7.05. The van der Waals surface area contributed by atoms with Gasteiger partial charge in [-0.2, -0.15) is 0 Å². The second kappa shape index (κ2) is 17.5. The first-order valence-corrected chi connectivity index (χ1v) is 14.4. The minimum absolute atomic E-state index is 0.0160. The molecule has 2 aliphatic rings. The summed E-state index contributed by atoms with van der Waals surface area (Å²) in [6.07, 6.45) is -5.66. The highest BCUT2D eigenvalue weighted by Crippen LogP contribution is 2.28. The quantitative estimate of drug-likeness (QED) is 0.120. The second-order valence-electron chi connectivity index (χ2n) is 10.9. The SMILES string of the molecule is CC(CCC(=O)O)OC1OC(C)C(OC(=O)C(C)CNC(N)=O)CC1OC(=O)CCCCOC1OC(C)C(O)CC1O. The van der Waals surface area contributed by atoms with Gasteiger partial charge in [-0.25, -0.2) is 4.79 Å². The van der Waals surface area contributed by atoms with Gasteiger partial charge in [0, 0.05) is 38.8 Å². The summed E-state index contributed by atoms with van der Waals surface area (Å²) in [4.78, 5) is 47.2.